The van der Waals surface area contributed by atoms with Crippen molar-refractivity contribution in [2.45, 2.75) is 6.92 Å². The highest BCUT2D eigenvalue weighted by atomic mass is 35.5. The van der Waals surface area contributed by atoms with Gasteiger partial charge in [0.15, 0.2) is 0 Å². The molecule has 0 amide bonds. The number of aryl methyl sites for hydroxylation is 1. The number of fused-ring (bicyclic) bond motifs is 1. The van der Waals surface area contributed by atoms with Gasteiger partial charge in [-0.25, -0.2) is 4.98 Å². The molecule has 1 fully saturated rings. The Labute approximate surface area is 147 Å². The maximum absolute atomic E-state index is 6.20. The molecule has 0 unspecified atom stereocenters. The molecule has 0 radical (unpaired) electrons. The second kappa shape index (κ2) is 6.11. The summed E-state index contributed by atoms with van der Waals surface area (Å²) < 4.78 is 0. The van der Waals surface area contributed by atoms with Crippen LogP contribution in [0.1, 0.15) is 5.56 Å². The second-order valence-corrected chi connectivity index (χ2v) is 6.95. The van der Waals surface area contributed by atoms with E-state index in [9.17, 15) is 0 Å². The SMILES string of the molecule is Cc1cc2nc(-c3ccc(N4CCN(C)CC4)cc3)[nH]c2cc1Cl. The summed E-state index contributed by atoms with van der Waals surface area (Å²) in [5.41, 5.74) is 5.35. The van der Waals surface area contributed by atoms with E-state index in [1.54, 1.807) is 0 Å². The quantitative estimate of drug-likeness (QED) is 0.767. The minimum Gasteiger partial charge on any atom is -0.369 e. The number of piperazine rings is 1. The van der Waals surface area contributed by atoms with Gasteiger partial charge in [-0.15, -0.1) is 0 Å². The minimum absolute atomic E-state index is 0.767. The van der Waals surface area contributed by atoms with E-state index in [2.05, 4.69) is 46.1 Å². The number of benzene rings is 2. The molecule has 4 rings (SSSR count). The molecule has 1 aliphatic rings. The molecule has 1 N–H and O–H groups in total. The third-order valence-electron chi connectivity index (χ3n) is 4.77. The van der Waals surface area contributed by atoms with Crippen molar-refractivity contribution >= 4 is 28.3 Å². The Morgan fingerprint density at radius 1 is 1.04 bits per heavy atom. The summed E-state index contributed by atoms with van der Waals surface area (Å²) in [7, 11) is 2.18. The first-order valence-corrected chi connectivity index (χ1v) is 8.68. The summed E-state index contributed by atoms with van der Waals surface area (Å²) in [5, 5.41) is 0.767. The lowest BCUT2D eigenvalue weighted by Crippen LogP contribution is -2.44. The van der Waals surface area contributed by atoms with E-state index in [1.807, 2.05) is 19.1 Å². The van der Waals surface area contributed by atoms with Gasteiger partial charge in [0.25, 0.3) is 0 Å². The average molecular weight is 341 g/mol. The van der Waals surface area contributed by atoms with E-state index in [0.29, 0.717) is 0 Å². The normalized spacial score (nSPS) is 16.0. The molecule has 0 saturated carbocycles. The molecule has 24 heavy (non-hydrogen) atoms. The largest absolute Gasteiger partial charge is 0.369 e. The van der Waals surface area contributed by atoms with Gasteiger partial charge in [-0.1, -0.05) is 11.6 Å². The van der Waals surface area contributed by atoms with Crippen LogP contribution in [0.2, 0.25) is 5.02 Å². The number of nitrogens with zero attached hydrogens (tertiary/aromatic N) is 3. The van der Waals surface area contributed by atoms with Gasteiger partial charge in [-0.3, -0.25) is 0 Å². The van der Waals surface area contributed by atoms with E-state index < -0.39 is 0 Å². The molecule has 5 heteroatoms. The lowest BCUT2D eigenvalue weighted by Gasteiger charge is -2.34. The average Bonchev–Trinajstić information content (AvgIpc) is 2.99. The number of imidazole rings is 1. The van der Waals surface area contributed by atoms with Crippen LogP contribution in [-0.2, 0) is 0 Å². The smallest absolute Gasteiger partial charge is 0.138 e. The predicted octanol–water partition coefficient (Wildman–Crippen LogP) is 3.94. The van der Waals surface area contributed by atoms with Crippen molar-refractivity contribution in [3.05, 3.63) is 47.0 Å². The van der Waals surface area contributed by atoms with E-state index in [1.165, 1.54) is 5.69 Å². The number of likely N-dealkylation sites (N-methyl/N-ethyl adjacent to an activating group) is 1. The lowest BCUT2D eigenvalue weighted by molar-refractivity contribution is 0.313. The first-order chi connectivity index (χ1) is 11.6. The fraction of sp³-hybridized carbons (Fsp3) is 0.316. The van der Waals surface area contributed by atoms with Crippen molar-refractivity contribution in [2.75, 3.05) is 38.1 Å². The standard InChI is InChI=1S/C19H21ClN4/c1-13-11-17-18(12-16(13)20)22-19(21-17)14-3-5-15(6-4-14)24-9-7-23(2)8-10-24/h3-6,11-12H,7-10H2,1-2H3,(H,21,22). The van der Waals surface area contributed by atoms with Crippen LogP contribution in [0.4, 0.5) is 5.69 Å². The summed E-state index contributed by atoms with van der Waals surface area (Å²) >= 11 is 6.20. The molecule has 124 valence electrons. The highest BCUT2D eigenvalue weighted by Gasteiger charge is 2.14. The molecular weight excluding hydrogens is 320 g/mol. The van der Waals surface area contributed by atoms with Crippen LogP contribution in [0.15, 0.2) is 36.4 Å². The number of halogens is 1. The van der Waals surface area contributed by atoms with E-state index in [-0.39, 0.29) is 0 Å². The maximum atomic E-state index is 6.20. The van der Waals surface area contributed by atoms with E-state index in [4.69, 9.17) is 16.6 Å². The summed E-state index contributed by atoms with van der Waals surface area (Å²) in [6, 6.07) is 12.6. The third-order valence-corrected chi connectivity index (χ3v) is 5.18. The molecule has 2 aromatic carbocycles. The molecule has 1 saturated heterocycles. The van der Waals surface area contributed by atoms with Crippen molar-refractivity contribution in [2.24, 2.45) is 0 Å². The molecule has 0 atom stereocenters. The Hall–Kier alpha value is -2.04. The first-order valence-electron chi connectivity index (χ1n) is 8.30. The van der Waals surface area contributed by atoms with Crippen molar-refractivity contribution in [3.8, 4) is 11.4 Å². The Morgan fingerprint density at radius 2 is 1.75 bits per heavy atom. The second-order valence-electron chi connectivity index (χ2n) is 6.54. The number of nitrogens with one attached hydrogen (secondary N) is 1. The number of anilines is 1. The molecule has 4 nitrogen and oxygen atoms in total. The maximum Gasteiger partial charge on any atom is 0.138 e. The van der Waals surface area contributed by atoms with Gasteiger partial charge in [0.1, 0.15) is 5.82 Å². The van der Waals surface area contributed by atoms with E-state index in [0.717, 1.165) is 59.2 Å². The number of aromatic nitrogens is 2. The topological polar surface area (TPSA) is 35.2 Å². The minimum atomic E-state index is 0.767. The van der Waals surface area contributed by atoms with Crippen molar-refractivity contribution in [1.82, 2.24) is 14.9 Å². The Kier molecular flexibility index (Phi) is 3.94. The molecule has 2 heterocycles. The molecule has 1 aliphatic heterocycles. The van der Waals surface area contributed by atoms with Gasteiger partial charge in [0.2, 0.25) is 0 Å². The zero-order chi connectivity index (χ0) is 16.7. The summed E-state index contributed by atoms with van der Waals surface area (Å²) in [5.74, 6) is 0.886. The monoisotopic (exact) mass is 340 g/mol. The molecule has 3 aromatic rings. The fourth-order valence-corrected chi connectivity index (χ4v) is 3.33. The van der Waals surface area contributed by atoms with Gasteiger partial charge in [-0.05, 0) is 55.9 Å². The van der Waals surface area contributed by atoms with Crippen molar-refractivity contribution < 1.29 is 0 Å². The molecule has 0 aliphatic carbocycles. The molecule has 0 bridgehead atoms. The van der Waals surface area contributed by atoms with Crippen LogP contribution in [0, 0.1) is 6.92 Å². The number of aromatic amines is 1. The van der Waals surface area contributed by atoms with Crippen LogP contribution < -0.4 is 4.90 Å². The molecule has 0 spiro atoms. The van der Waals surface area contributed by atoms with Crippen LogP contribution >= 0.6 is 11.6 Å². The van der Waals surface area contributed by atoms with Gasteiger partial charge in [0, 0.05) is 42.5 Å². The van der Waals surface area contributed by atoms with Gasteiger partial charge in [-0.2, -0.15) is 0 Å². The lowest BCUT2D eigenvalue weighted by atomic mass is 10.1. The number of hydrogen-bond acceptors (Lipinski definition) is 3. The zero-order valence-electron chi connectivity index (χ0n) is 14.0. The fourth-order valence-electron chi connectivity index (χ4n) is 3.17. The Bertz CT molecular complexity index is 822. The van der Waals surface area contributed by atoms with Gasteiger partial charge >= 0.3 is 0 Å². The molecular formula is C19H21ClN4. The van der Waals surface area contributed by atoms with Gasteiger partial charge in [0.05, 0.1) is 11.0 Å². The highest BCUT2D eigenvalue weighted by molar-refractivity contribution is 6.32. The number of hydrogen-bond donors (Lipinski definition) is 1. The Balaban J connectivity index is 1.60. The molecule has 1 aromatic heterocycles. The number of H-pyrrole nitrogens is 1. The summed E-state index contributed by atoms with van der Waals surface area (Å²) in [6.45, 7) is 6.40. The Morgan fingerprint density at radius 3 is 2.46 bits per heavy atom. The van der Waals surface area contributed by atoms with Crippen molar-refractivity contribution in [3.63, 3.8) is 0 Å². The summed E-state index contributed by atoms with van der Waals surface area (Å²) in [4.78, 5) is 12.9. The third kappa shape index (κ3) is 2.87. The number of rotatable bonds is 2. The first kappa shape index (κ1) is 15.5. The van der Waals surface area contributed by atoms with E-state index >= 15 is 0 Å². The van der Waals surface area contributed by atoms with Crippen LogP contribution in [-0.4, -0.2) is 48.1 Å². The highest BCUT2D eigenvalue weighted by Crippen LogP contribution is 2.27. The van der Waals surface area contributed by atoms with Crippen LogP contribution in [0.3, 0.4) is 0 Å². The van der Waals surface area contributed by atoms with Gasteiger partial charge < -0.3 is 14.8 Å². The van der Waals surface area contributed by atoms with Crippen molar-refractivity contribution in [1.29, 1.82) is 0 Å². The zero-order valence-corrected chi connectivity index (χ0v) is 14.8. The van der Waals surface area contributed by atoms with Crippen LogP contribution in [0.5, 0.6) is 0 Å². The summed E-state index contributed by atoms with van der Waals surface area (Å²) in [6.07, 6.45) is 0. The van der Waals surface area contributed by atoms with Crippen LogP contribution in [0.25, 0.3) is 22.4 Å². The predicted molar refractivity (Wildman–Crippen MR) is 101 cm³/mol.